The van der Waals surface area contributed by atoms with E-state index in [0.717, 1.165) is 56.4 Å². The Hall–Kier alpha value is -1.88. The van der Waals surface area contributed by atoms with Gasteiger partial charge in [0.25, 0.3) is 0 Å². The van der Waals surface area contributed by atoms with Gasteiger partial charge in [-0.05, 0) is 49.8 Å². The molecule has 0 atom stereocenters. The van der Waals surface area contributed by atoms with Crippen LogP contribution in [0, 0.1) is 12.8 Å². The summed E-state index contributed by atoms with van der Waals surface area (Å²) in [4.78, 5) is 24.3. The first-order valence-corrected chi connectivity index (χ1v) is 11.0. The fourth-order valence-corrected chi connectivity index (χ4v) is 4.32. The van der Waals surface area contributed by atoms with Gasteiger partial charge < -0.3 is 21.3 Å². The summed E-state index contributed by atoms with van der Waals surface area (Å²) in [6, 6.07) is 6.15. The molecule has 4 N–H and O–H groups in total. The number of anilines is 1. The molecule has 0 radical (unpaired) electrons. The van der Waals surface area contributed by atoms with E-state index in [-0.39, 0.29) is 35.8 Å². The van der Waals surface area contributed by atoms with Crippen LogP contribution in [0.25, 0.3) is 0 Å². The van der Waals surface area contributed by atoms with E-state index < -0.39 is 0 Å². The third kappa shape index (κ3) is 6.56. The zero-order chi connectivity index (χ0) is 20.6. The Bertz CT molecular complexity index is 848. The molecule has 2 aromatic heterocycles. The van der Waals surface area contributed by atoms with Crippen molar-refractivity contribution in [1.29, 1.82) is 0 Å². The van der Waals surface area contributed by atoms with Crippen LogP contribution in [0.1, 0.15) is 35.8 Å². The van der Waals surface area contributed by atoms with Crippen LogP contribution in [0.2, 0.25) is 0 Å². The number of pyridine rings is 1. The summed E-state index contributed by atoms with van der Waals surface area (Å²) in [6.45, 7) is 7.87. The summed E-state index contributed by atoms with van der Waals surface area (Å²) in [5.41, 5.74) is 7.84. The van der Waals surface area contributed by atoms with Crippen molar-refractivity contribution in [2.75, 3.05) is 24.5 Å². The average molecular weight is 542 g/mol. The highest BCUT2D eigenvalue weighted by atomic mass is 127. The van der Waals surface area contributed by atoms with Crippen molar-refractivity contribution in [2.45, 2.75) is 39.8 Å². The van der Waals surface area contributed by atoms with Crippen LogP contribution in [0.4, 0.5) is 5.82 Å². The maximum atomic E-state index is 11.4. The van der Waals surface area contributed by atoms with Gasteiger partial charge in [0, 0.05) is 42.2 Å². The average Bonchev–Trinajstić information content (AvgIpc) is 3.15. The Balaban J connectivity index is 0.00000320. The lowest BCUT2D eigenvalue weighted by Crippen LogP contribution is -2.39. The number of carbonyl (C=O) groups is 1. The molecule has 1 aliphatic heterocycles. The number of thiophene rings is 1. The molecule has 1 aliphatic rings. The molecule has 1 fully saturated rings. The molecule has 30 heavy (non-hydrogen) atoms. The van der Waals surface area contributed by atoms with Crippen LogP contribution in [0.5, 0.6) is 0 Å². The van der Waals surface area contributed by atoms with Gasteiger partial charge in [-0.25, -0.2) is 9.98 Å². The SMILES string of the molecule is CCNC(=NCc1cccnc1N1CCC(C(N)=O)CC1)NCc1sccc1C.I. The molecule has 3 rings (SSSR count). The number of halogens is 1. The van der Waals surface area contributed by atoms with Crippen molar-refractivity contribution in [2.24, 2.45) is 16.6 Å². The van der Waals surface area contributed by atoms with Crippen LogP contribution < -0.4 is 21.3 Å². The van der Waals surface area contributed by atoms with Gasteiger partial charge in [-0.1, -0.05) is 6.07 Å². The Morgan fingerprint density at radius 1 is 1.33 bits per heavy atom. The number of nitrogens with two attached hydrogens (primary N) is 1. The largest absolute Gasteiger partial charge is 0.369 e. The monoisotopic (exact) mass is 542 g/mol. The number of nitrogens with one attached hydrogen (secondary N) is 2. The van der Waals surface area contributed by atoms with Gasteiger partial charge in [0.2, 0.25) is 5.91 Å². The van der Waals surface area contributed by atoms with Gasteiger partial charge in [-0.3, -0.25) is 4.79 Å². The molecule has 1 amide bonds. The van der Waals surface area contributed by atoms with E-state index in [1.807, 2.05) is 12.3 Å². The van der Waals surface area contributed by atoms with Crippen molar-refractivity contribution in [3.05, 3.63) is 45.8 Å². The molecule has 1 saturated heterocycles. The Labute approximate surface area is 199 Å². The highest BCUT2D eigenvalue weighted by molar-refractivity contribution is 14.0. The minimum Gasteiger partial charge on any atom is -0.369 e. The molecule has 0 aliphatic carbocycles. The third-order valence-corrected chi connectivity index (χ3v) is 6.22. The number of hydrogen-bond acceptors (Lipinski definition) is 5. The highest BCUT2D eigenvalue weighted by Gasteiger charge is 2.24. The number of nitrogens with zero attached hydrogens (tertiary/aromatic N) is 3. The highest BCUT2D eigenvalue weighted by Crippen LogP contribution is 2.25. The van der Waals surface area contributed by atoms with Gasteiger partial charge in [-0.2, -0.15) is 0 Å². The van der Waals surface area contributed by atoms with Crippen LogP contribution >= 0.6 is 35.3 Å². The molecular formula is C21H31IN6OS. The minimum atomic E-state index is -0.196. The summed E-state index contributed by atoms with van der Waals surface area (Å²) < 4.78 is 0. The third-order valence-electron chi connectivity index (χ3n) is 5.20. The zero-order valence-corrected chi connectivity index (χ0v) is 20.7. The number of rotatable bonds is 7. The molecule has 2 aromatic rings. The standard InChI is InChI=1S/C21H30N6OS.HI/c1-3-23-21(26-14-18-15(2)8-12-29-18)25-13-17-5-4-9-24-20(17)27-10-6-16(7-11-27)19(22)28;/h4-5,8-9,12,16H,3,6-7,10-11,13-14H2,1-2H3,(H2,22,28)(H2,23,25,26);1H. The lowest BCUT2D eigenvalue weighted by molar-refractivity contribution is -0.122. The lowest BCUT2D eigenvalue weighted by Gasteiger charge is -2.32. The van der Waals surface area contributed by atoms with Gasteiger partial charge >= 0.3 is 0 Å². The Morgan fingerprint density at radius 3 is 2.73 bits per heavy atom. The molecule has 0 bridgehead atoms. The van der Waals surface area contributed by atoms with Gasteiger partial charge in [0.1, 0.15) is 5.82 Å². The number of aromatic nitrogens is 1. The molecule has 7 nitrogen and oxygen atoms in total. The second-order valence-electron chi connectivity index (χ2n) is 7.23. The predicted molar refractivity (Wildman–Crippen MR) is 134 cm³/mol. The van der Waals surface area contributed by atoms with Crippen LogP contribution in [0.3, 0.4) is 0 Å². The van der Waals surface area contributed by atoms with Crippen molar-refractivity contribution in [3.63, 3.8) is 0 Å². The summed E-state index contributed by atoms with van der Waals surface area (Å²) in [5.74, 6) is 1.52. The van der Waals surface area contributed by atoms with E-state index in [1.54, 1.807) is 11.3 Å². The van der Waals surface area contributed by atoms with Gasteiger partial charge in [0.15, 0.2) is 5.96 Å². The molecular weight excluding hydrogens is 511 g/mol. The smallest absolute Gasteiger partial charge is 0.220 e. The lowest BCUT2D eigenvalue weighted by atomic mass is 9.96. The minimum absolute atomic E-state index is 0. The topological polar surface area (TPSA) is 95.6 Å². The van der Waals surface area contributed by atoms with E-state index in [0.29, 0.717) is 6.54 Å². The number of aryl methyl sites for hydroxylation is 1. The van der Waals surface area contributed by atoms with Crippen LogP contribution in [0.15, 0.2) is 34.8 Å². The summed E-state index contributed by atoms with van der Waals surface area (Å²) in [7, 11) is 0. The van der Waals surface area contributed by atoms with Gasteiger partial charge in [0.05, 0.1) is 13.1 Å². The Morgan fingerprint density at radius 2 is 2.10 bits per heavy atom. The number of aliphatic imine (C=N–C) groups is 1. The van der Waals surface area contributed by atoms with Crippen molar-refractivity contribution in [3.8, 4) is 0 Å². The molecule has 3 heterocycles. The second kappa shape index (κ2) is 12.1. The maximum Gasteiger partial charge on any atom is 0.220 e. The first-order chi connectivity index (χ1) is 14.1. The van der Waals surface area contributed by atoms with E-state index in [4.69, 9.17) is 10.7 Å². The van der Waals surface area contributed by atoms with Crippen molar-refractivity contribution < 1.29 is 4.79 Å². The number of primary amides is 1. The predicted octanol–water partition coefficient (Wildman–Crippen LogP) is 3.03. The summed E-state index contributed by atoms with van der Waals surface area (Å²) in [6.07, 6.45) is 3.36. The fraction of sp³-hybridized carbons (Fsp3) is 0.476. The van der Waals surface area contributed by atoms with E-state index in [1.165, 1.54) is 10.4 Å². The van der Waals surface area contributed by atoms with Crippen LogP contribution in [-0.4, -0.2) is 36.5 Å². The van der Waals surface area contributed by atoms with E-state index in [9.17, 15) is 4.79 Å². The first kappa shape index (κ1) is 24.4. The molecule has 0 saturated carbocycles. The maximum absolute atomic E-state index is 11.4. The first-order valence-electron chi connectivity index (χ1n) is 10.1. The van der Waals surface area contributed by atoms with Crippen LogP contribution in [-0.2, 0) is 17.9 Å². The molecule has 0 aromatic carbocycles. The number of carbonyl (C=O) groups excluding carboxylic acids is 1. The quantitative estimate of drug-likeness (QED) is 0.284. The molecule has 164 valence electrons. The van der Waals surface area contributed by atoms with Crippen molar-refractivity contribution in [1.82, 2.24) is 15.6 Å². The van der Waals surface area contributed by atoms with Gasteiger partial charge in [-0.15, -0.1) is 35.3 Å². The molecule has 0 unspecified atom stereocenters. The summed E-state index contributed by atoms with van der Waals surface area (Å²) >= 11 is 1.75. The van der Waals surface area contributed by atoms with E-state index in [2.05, 4.69) is 51.9 Å². The molecule has 9 heteroatoms. The van der Waals surface area contributed by atoms with Crippen molar-refractivity contribution >= 4 is 53.0 Å². The number of piperidine rings is 1. The number of guanidine groups is 1. The second-order valence-corrected chi connectivity index (χ2v) is 8.23. The number of hydrogen-bond donors (Lipinski definition) is 3. The fourth-order valence-electron chi connectivity index (χ4n) is 3.47. The number of amides is 1. The summed E-state index contributed by atoms with van der Waals surface area (Å²) in [5, 5.41) is 8.84. The normalized spacial score (nSPS) is 14.9. The van der Waals surface area contributed by atoms with E-state index >= 15 is 0 Å². The zero-order valence-electron chi connectivity index (χ0n) is 17.6. The Kier molecular flexibility index (Phi) is 9.83. The molecule has 0 spiro atoms.